The number of nitrogens with zero attached hydrogens (tertiary/aromatic N) is 3. The van der Waals surface area contributed by atoms with Crippen molar-refractivity contribution in [3.05, 3.63) is 10.6 Å². The van der Waals surface area contributed by atoms with Crippen LogP contribution in [0.15, 0.2) is 15.6 Å². The van der Waals surface area contributed by atoms with E-state index < -0.39 is 18.0 Å². The molecule has 0 saturated carbocycles. The first kappa shape index (κ1) is 21.1. The van der Waals surface area contributed by atoms with Crippen LogP contribution in [0.1, 0.15) is 20.3 Å². The predicted molar refractivity (Wildman–Crippen MR) is 110 cm³/mol. The molecule has 5 unspecified atom stereocenters. The summed E-state index contributed by atoms with van der Waals surface area (Å²) in [6.07, 6.45) is 1.03. The van der Waals surface area contributed by atoms with Gasteiger partial charge in [0.2, 0.25) is 11.8 Å². The second kappa shape index (κ2) is 7.86. The zero-order valence-corrected chi connectivity index (χ0v) is 17.7. The summed E-state index contributed by atoms with van der Waals surface area (Å²) in [7, 11) is 0. The Morgan fingerprint density at radius 2 is 2.10 bits per heavy atom. The van der Waals surface area contributed by atoms with E-state index in [9.17, 15) is 24.6 Å². The minimum absolute atomic E-state index is 0.0272. The normalized spacial score (nSPS) is 34.9. The van der Waals surface area contributed by atoms with Crippen molar-refractivity contribution in [1.29, 1.82) is 0 Å². The van der Waals surface area contributed by atoms with Crippen LogP contribution in [-0.2, 0) is 14.4 Å². The third-order valence-electron chi connectivity index (χ3n) is 6.46. The standard InChI is InChI=1S/C19H27N5O5S/c1-8-14-13(9(2)25)18(27)24(14)15(19(28)29)16(8)30-11-3-12(21-4-11)17(26)23-5-10(6-23)22-7-20/h7-14,21,25H,3-6H2,1-2H3,(H2,20,22)(H,28,29)/t8?,9?,11?,12?,13?,14-/m1/s1. The van der Waals surface area contributed by atoms with E-state index >= 15 is 0 Å². The first-order valence-corrected chi connectivity index (χ1v) is 11.0. The molecule has 4 heterocycles. The molecule has 0 aliphatic carbocycles. The largest absolute Gasteiger partial charge is 0.477 e. The lowest BCUT2D eigenvalue weighted by Crippen LogP contribution is -2.63. The highest BCUT2D eigenvalue weighted by Gasteiger charge is 2.60. The summed E-state index contributed by atoms with van der Waals surface area (Å²) >= 11 is 1.44. The van der Waals surface area contributed by atoms with Crippen molar-refractivity contribution in [2.24, 2.45) is 22.6 Å². The Balaban J connectivity index is 1.41. The molecule has 4 aliphatic rings. The van der Waals surface area contributed by atoms with Gasteiger partial charge in [-0.05, 0) is 13.3 Å². The van der Waals surface area contributed by atoms with Crippen LogP contribution in [-0.4, -0.2) is 93.2 Å². The minimum Gasteiger partial charge on any atom is -0.477 e. The van der Waals surface area contributed by atoms with Crippen LogP contribution in [0, 0.1) is 11.8 Å². The number of hydrogen-bond donors (Lipinski definition) is 4. The molecule has 0 aromatic carbocycles. The highest BCUT2D eigenvalue weighted by atomic mass is 32.2. The molecule has 0 aromatic heterocycles. The van der Waals surface area contributed by atoms with Crippen molar-refractivity contribution in [1.82, 2.24) is 15.1 Å². The van der Waals surface area contributed by atoms with Crippen LogP contribution in [0.4, 0.5) is 0 Å². The Labute approximate surface area is 178 Å². The lowest BCUT2D eigenvalue weighted by Gasteiger charge is -2.46. The second-order valence-corrected chi connectivity index (χ2v) is 9.75. The number of β-lactam (4-membered cyclic amide) rings is 1. The molecule has 3 fully saturated rings. The number of carboxylic acid groups (broad SMARTS) is 1. The first-order valence-electron chi connectivity index (χ1n) is 10.1. The first-order chi connectivity index (χ1) is 14.2. The molecule has 164 valence electrons. The Morgan fingerprint density at radius 1 is 1.40 bits per heavy atom. The monoisotopic (exact) mass is 437 g/mol. The molecule has 5 N–H and O–H groups in total. The molecule has 4 aliphatic heterocycles. The number of rotatable bonds is 6. The number of amides is 2. The summed E-state index contributed by atoms with van der Waals surface area (Å²) in [5.41, 5.74) is 5.31. The van der Waals surface area contributed by atoms with E-state index in [0.29, 0.717) is 31.0 Å². The van der Waals surface area contributed by atoms with Crippen molar-refractivity contribution in [2.45, 2.75) is 49.7 Å². The van der Waals surface area contributed by atoms with Crippen molar-refractivity contribution >= 4 is 35.9 Å². The number of aliphatic carboxylic acids is 1. The van der Waals surface area contributed by atoms with Gasteiger partial charge in [0.05, 0.1) is 36.5 Å². The van der Waals surface area contributed by atoms with Crippen molar-refractivity contribution < 1.29 is 24.6 Å². The van der Waals surface area contributed by atoms with Gasteiger partial charge < -0.3 is 31.1 Å². The van der Waals surface area contributed by atoms with Crippen molar-refractivity contribution in [3.8, 4) is 0 Å². The Kier molecular flexibility index (Phi) is 5.54. The molecule has 11 heteroatoms. The average molecular weight is 438 g/mol. The lowest BCUT2D eigenvalue weighted by molar-refractivity contribution is -0.163. The fourth-order valence-corrected chi connectivity index (χ4v) is 6.39. The molecule has 4 rings (SSSR count). The highest BCUT2D eigenvalue weighted by molar-refractivity contribution is 8.03. The molecule has 2 amide bonds. The molecule has 0 radical (unpaired) electrons. The zero-order chi connectivity index (χ0) is 21.7. The van der Waals surface area contributed by atoms with Gasteiger partial charge >= 0.3 is 5.97 Å². The Bertz CT molecular complexity index is 824. The van der Waals surface area contributed by atoms with E-state index in [1.807, 2.05) is 6.92 Å². The number of nitrogens with one attached hydrogen (secondary N) is 1. The number of nitrogens with two attached hydrogens (primary N) is 1. The summed E-state index contributed by atoms with van der Waals surface area (Å²) in [5.74, 6) is -2.17. The molecule has 3 saturated heterocycles. The second-order valence-electron chi connectivity index (χ2n) is 8.40. The number of aliphatic hydroxyl groups excluding tert-OH is 1. The van der Waals surface area contributed by atoms with Crippen LogP contribution in [0.2, 0.25) is 0 Å². The lowest BCUT2D eigenvalue weighted by atomic mass is 9.79. The molecule has 6 atom stereocenters. The van der Waals surface area contributed by atoms with Crippen LogP contribution >= 0.6 is 11.8 Å². The number of carbonyl (C=O) groups excluding carboxylic acids is 2. The number of carbonyl (C=O) groups is 3. The van der Waals surface area contributed by atoms with E-state index in [0.717, 1.165) is 0 Å². The molecule has 30 heavy (non-hydrogen) atoms. The van der Waals surface area contributed by atoms with Crippen LogP contribution in [0.25, 0.3) is 0 Å². The van der Waals surface area contributed by atoms with E-state index in [1.54, 1.807) is 11.8 Å². The number of hydrogen-bond acceptors (Lipinski definition) is 7. The SMILES string of the molecule is CC(O)C1C(=O)N2C(C(=O)O)=C(SC3CNC(C(=O)N4CC(N=CN)C4)C3)C(C)[C@H]12. The molecule has 0 spiro atoms. The molecular weight excluding hydrogens is 410 g/mol. The van der Waals surface area contributed by atoms with Gasteiger partial charge in [-0.2, -0.15) is 0 Å². The molecule has 0 aromatic rings. The summed E-state index contributed by atoms with van der Waals surface area (Å²) in [6, 6.07) is -0.559. The molecule has 10 nitrogen and oxygen atoms in total. The quantitative estimate of drug-likeness (QED) is 0.230. The zero-order valence-electron chi connectivity index (χ0n) is 16.9. The van der Waals surface area contributed by atoms with E-state index in [2.05, 4.69) is 10.3 Å². The number of likely N-dealkylation sites (tertiary alicyclic amines) is 1. The van der Waals surface area contributed by atoms with E-state index in [1.165, 1.54) is 23.0 Å². The van der Waals surface area contributed by atoms with Gasteiger partial charge in [0.25, 0.3) is 0 Å². The Morgan fingerprint density at radius 3 is 2.70 bits per heavy atom. The molecule has 0 bridgehead atoms. The summed E-state index contributed by atoms with van der Waals surface area (Å²) < 4.78 is 0. The number of thioether (sulfide) groups is 1. The topological polar surface area (TPSA) is 149 Å². The minimum atomic E-state index is -1.13. The third-order valence-corrected chi connectivity index (χ3v) is 7.98. The average Bonchev–Trinajstić information content (AvgIpc) is 3.20. The number of aliphatic imine (C=N–C) groups is 1. The van der Waals surface area contributed by atoms with Crippen molar-refractivity contribution in [3.63, 3.8) is 0 Å². The van der Waals surface area contributed by atoms with Gasteiger partial charge in [0.1, 0.15) is 5.70 Å². The summed E-state index contributed by atoms with van der Waals surface area (Å²) in [4.78, 5) is 44.8. The van der Waals surface area contributed by atoms with Crippen LogP contribution in [0.3, 0.4) is 0 Å². The smallest absolute Gasteiger partial charge is 0.353 e. The third kappa shape index (κ3) is 3.28. The fourth-order valence-electron chi connectivity index (χ4n) is 4.91. The number of aliphatic hydroxyl groups is 1. The van der Waals surface area contributed by atoms with Gasteiger partial charge in [-0.3, -0.25) is 14.6 Å². The van der Waals surface area contributed by atoms with Gasteiger partial charge in [-0.25, -0.2) is 4.79 Å². The predicted octanol–water partition coefficient (Wildman–Crippen LogP) is -1.20. The van der Waals surface area contributed by atoms with Gasteiger partial charge in [0, 0.05) is 35.7 Å². The van der Waals surface area contributed by atoms with Crippen LogP contribution in [0.5, 0.6) is 0 Å². The maximum Gasteiger partial charge on any atom is 0.353 e. The van der Waals surface area contributed by atoms with Gasteiger partial charge in [-0.15, -0.1) is 11.8 Å². The fraction of sp³-hybridized carbons (Fsp3) is 0.684. The van der Waals surface area contributed by atoms with Gasteiger partial charge in [0.15, 0.2) is 0 Å². The maximum absolute atomic E-state index is 12.7. The van der Waals surface area contributed by atoms with Gasteiger partial charge in [-0.1, -0.05) is 6.92 Å². The summed E-state index contributed by atoms with van der Waals surface area (Å²) in [5, 5.41) is 23.0. The van der Waals surface area contributed by atoms with E-state index in [-0.39, 0.29) is 46.8 Å². The van der Waals surface area contributed by atoms with E-state index in [4.69, 9.17) is 5.73 Å². The number of carboxylic acids is 1. The Hall–Kier alpha value is -2.11. The summed E-state index contributed by atoms with van der Waals surface area (Å²) in [6.45, 7) is 5.18. The maximum atomic E-state index is 12.7. The number of fused-ring (bicyclic) bond motifs is 1. The van der Waals surface area contributed by atoms with Crippen molar-refractivity contribution in [2.75, 3.05) is 19.6 Å². The van der Waals surface area contributed by atoms with Crippen LogP contribution < -0.4 is 11.1 Å². The molecular formula is C19H27N5O5S. The highest BCUT2D eigenvalue weighted by Crippen LogP contribution is 2.51.